The van der Waals surface area contributed by atoms with E-state index in [0.717, 1.165) is 36.1 Å². The molecule has 1 aromatic carbocycles. The third-order valence-corrected chi connectivity index (χ3v) is 6.92. The third-order valence-electron chi connectivity index (χ3n) is 5.35. The van der Waals surface area contributed by atoms with Crippen LogP contribution in [0.15, 0.2) is 58.6 Å². The van der Waals surface area contributed by atoms with Crippen LogP contribution in [0.25, 0.3) is 0 Å². The molecule has 1 atom stereocenters. The lowest BCUT2D eigenvalue weighted by molar-refractivity contribution is -0.126. The molecular formula is C23H23FN2O2S2. The van der Waals surface area contributed by atoms with Gasteiger partial charge in [0.2, 0.25) is 11.8 Å². The summed E-state index contributed by atoms with van der Waals surface area (Å²) in [6, 6.07) is 10.8. The van der Waals surface area contributed by atoms with Gasteiger partial charge in [0.25, 0.3) is 0 Å². The Hall–Kier alpha value is -2.51. The Morgan fingerprint density at radius 2 is 1.87 bits per heavy atom. The fourth-order valence-corrected chi connectivity index (χ4v) is 5.26. The minimum atomic E-state index is -0.797. The first kappa shape index (κ1) is 20.8. The van der Waals surface area contributed by atoms with Crippen LogP contribution in [0, 0.1) is 5.82 Å². The first-order valence-electron chi connectivity index (χ1n) is 10.0. The highest BCUT2D eigenvalue weighted by molar-refractivity contribution is 7.10. The van der Waals surface area contributed by atoms with Crippen molar-refractivity contribution in [3.05, 3.63) is 74.9 Å². The molecule has 1 N–H and O–H groups in total. The maximum absolute atomic E-state index is 13.6. The predicted molar refractivity (Wildman–Crippen MR) is 119 cm³/mol. The van der Waals surface area contributed by atoms with E-state index in [9.17, 15) is 14.0 Å². The summed E-state index contributed by atoms with van der Waals surface area (Å²) in [5.41, 5.74) is 1.27. The summed E-state index contributed by atoms with van der Waals surface area (Å²) in [6.07, 6.45) is 4.32. The molecule has 0 unspecified atom stereocenters. The molecule has 1 saturated carbocycles. The molecule has 1 aliphatic carbocycles. The van der Waals surface area contributed by atoms with Gasteiger partial charge in [0.15, 0.2) is 0 Å². The fourth-order valence-electron chi connectivity index (χ4n) is 3.88. The average molecular weight is 443 g/mol. The van der Waals surface area contributed by atoms with Crippen LogP contribution in [0.3, 0.4) is 0 Å². The van der Waals surface area contributed by atoms with Crippen LogP contribution in [-0.2, 0) is 16.0 Å². The van der Waals surface area contributed by atoms with E-state index < -0.39 is 6.04 Å². The highest BCUT2D eigenvalue weighted by Gasteiger charge is 2.34. The van der Waals surface area contributed by atoms with E-state index in [1.807, 2.05) is 34.3 Å². The molecular weight excluding hydrogens is 419 g/mol. The summed E-state index contributed by atoms with van der Waals surface area (Å²) in [6.45, 7) is 0. The molecule has 2 aromatic heterocycles. The highest BCUT2D eigenvalue weighted by atomic mass is 32.1. The lowest BCUT2D eigenvalue weighted by Gasteiger charge is -2.32. The van der Waals surface area contributed by atoms with Gasteiger partial charge in [0.1, 0.15) is 11.9 Å². The van der Waals surface area contributed by atoms with Gasteiger partial charge in [-0.3, -0.25) is 14.5 Å². The maximum Gasteiger partial charge on any atom is 0.248 e. The van der Waals surface area contributed by atoms with Crippen molar-refractivity contribution in [3.8, 4) is 0 Å². The van der Waals surface area contributed by atoms with Crippen LogP contribution in [0.2, 0.25) is 0 Å². The van der Waals surface area contributed by atoms with E-state index >= 15 is 0 Å². The number of amides is 2. The monoisotopic (exact) mass is 442 g/mol. The summed E-state index contributed by atoms with van der Waals surface area (Å²) in [4.78, 5) is 29.3. The maximum atomic E-state index is 13.6. The number of nitrogens with one attached hydrogen (secondary N) is 1. The second-order valence-electron chi connectivity index (χ2n) is 7.45. The van der Waals surface area contributed by atoms with Gasteiger partial charge in [-0.05, 0) is 70.9 Å². The Morgan fingerprint density at radius 1 is 1.10 bits per heavy atom. The lowest BCUT2D eigenvalue weighted by atomic mass is 10.0. The number of thiophene rings is 2. The smallest absolute Gasteiger partial charge is 0.248 e. The molecule has 0 bridgehead atoms. The SMILES string of the molecule is O=C(NC1CCCC1)[C@@H](c1ccsc1)N(C(=O)Cc1cccs1)c1ccc(F)cc1. The van der Waals surface area contributed by atoms with Crippen molar-refractivity contribution in [2.75, 3.05) is 4.90 Å². The molecule has 3 aromatic rings. The number of rotatable bonds is 7. The van der Waals surface area contributed by atoms with Crippen molar-refractivity contribution < 1.29 is 14.0 Å². The quantitative estimate of drug-likeness (QED) is 0.538. The van der Waals surface area contributed by atoms with E-state index in [1.54, 1.807) is 12.1 Å². The van der Waals surface area contributed by atoms with Crippen LogP contribution in [0.4, 0.5) is 10.1 Å². The molecule has 0 aliphatic heterocycles. The van der Waals surface area contributed by atoms with Crippen molar-refractivity contribution in [1.82, 2.24) is 5.32 Å². The Morgan fingerprint density at radius 3 is 2.50 bits per heavy atom. The van der Waals surface area contributed by atoms with Crippen LogP contribution in [0.1, 0.15) is 42.2 Å². The van der Waals surface area contributed by atoms with E-state index in [-0.39, 0.29) is 30.1 Å². The van der Waals surface area contributed by atoms with Crippen LogP contribution in [0.5, 0.6) is 0 Å². The number of carbonyl (C=O) groups is 2. The van der Waals surface area contributed by atoms with Gasteiger partial charge in [-0.1, -0.05) is 18.9 Å². The van der Waals surface area contributed by atoms with Crippen molar-refractivity contribution >= 4 is 40.2 Å². The summed E-state index contributed by atoms with van der Waals surface area (Å²) in [7, 11) is 0. The molecule has 30 heavy (non-hydrogen) atoms. The summed E-state index contributed by atoms with van der Waals surface area (Å²) < 4.78 is 13.6. The lowest BCUT2D eigenvalue weighted by Crippen LogP contribution is -2.46. The fraction of sp³-hybridized carbons (Fsp3) is 0.304. The molecule has 7 heteroatoms. The van der Waals surface area contributed by atoms with Crippen molar-refractivity contribution in [2.45, 2.75) is 44.2 Å². The molecule has 2 amide bonds. The Bertz CT molecular complexity index is 965. The minimum absolute atomic E-state index is 0.140. The molecule has 4 nitrogen and oxygen atoms in total. The number of benzene rings is 1. The topological polar surface area (TPSA) is 49.4 Å². The third kappa shape index (κ3) is 4.79. The molecule has 156 valence electrons. The molecule has 1 aliphatic rings. The van der Waals surface area contributed by atoms with Gasteiger partial charge in [-0.2, -0.15) is 11.3 Å². The van der Waals surface area contributed by atoms with Crippen molar-refractivity contribution in [2.24, 2.45) is 0 Å². The van der Waals surface area contributed by atoms with Gasteiger partial charge in [-0.25, -0.2) is 4.39 Å². The first-order chi connectivity index (χ1) is 14.6. The molecule has 0 radical (unpaired) electrons. The molecule has 2 heterocycles. The number of halogens is 1. The first-order valence-corrected chi connectivity index (χ1v) is 11.9. The summed E-state index contributed by atoms with van der Waals surface area (Å²) in [5, 5.41) is 8.86. The number of hydrogen-bond acceptors (Lipinski definition) is 4. The van der Waals surface area contributed by atoms with Gasteiger partial charge < -0.3 is 5.32 Å². The zero-order valence-corrected chi connectivity index (χ0v) is 18.1. The molecule has 4 rings (SSSR count). The second-order valence-corrected chi connectivity index (χ2v) is 9.26. The number of anilines is 1. The molecule has 0 spiro atoms. The van der Waals surface area contributed by atoms with E-state index in [4.69, 9.17) is 0 Å². The number of hydrogen-bond donors (Lipinski definition) is 1. The molecule has 1 fully saturated rings. The van der Waals surface area contributed by atoms with Gasteiger partial charge in [-0.15, -0.1) is 11.3 Å². The highest BCUT2D eigenvalue weighted by Crippen LogP contribution is 2.31. The largest absolute Gasteiger partial charge is 0.351 e. The van der Waals surface area contributed by atoms with Gasteiger partial charge in [0.05, 0.1) is 6.42 Å². The van der Waals surface area contributed by atoms with Gasteiger partial charge >= 0.3 is 0 Å². The van der Waals surface area contributed by atoms with E-state index in [2.05, 4.69) is 5.32 Å². The van der Waals surface area contributed by atoms with Crippen LogP contribution >= 0.6 is 22.7 Å². The Balaban J connectivity index is 1.70. The zero-order chi connectivity index (χ0) is 20.9. The van der Waals surface area contributed by atoms with E-state index in [0.29, 0.717) is 5.69 Å². The summed E-state index contributed by atoms with van der Waals surface area (Å²) in [5.74, 6) is -0.766. The predicted octanol–water partition coefficient (Wildman–Crippen LogP) is 5.32. The number of carbonyl (C=O) groups excluding carboxylic acids is 2. The van der Waals surface area contributed by atoms with Gasteiger partial charge in [0, 0.05) is 16.6 Å². The van der Waals surface area contributed by atoms with Crippen molar-refractivity contribution in [3.63, 3.8) is 0 Å². The number of nitrogens with zero attached hydrogens (tertiary/aromatic N) is 1. The van der Waals surface area contributed by atoms with Crippen LogP contribution < -0.4 is 10.2 Å². The second kappa shape index (κ2) is 9.53. The zero-order valence-electron chi connectivity index (χ0n) is 16.4. The Kier molecular flexibility index (Phi) is 6.59. The average Bonchev–Trinajstić information content (AvgIpc) is 3.50. The Labute approximate surface area is 183 Å². The van der Waals surface area contributed by atoms with Crippen molar-refractivity contribution in [1.29, 1.82) is 0 Å². The van der Waals surface area contributed by atoms with E-state index in [1.165, 1.54) is 39.7 Å². The molecule has 0 saturated heterocycles. The summed E-state index contributed by atoms with van der Waals surface area (Å²) >= 11 is 2.99. The minimum Gasteiger partial charge on any atom is -0.351 e. The normalized spacial score (nSPS) is 15.1. The standard InChI is InChI=1S/C23H23FN2O2S2/c24-17-7-9-19(10-8-17)26(21(27)14-20-6-3-12-30-20)22(16-11-13-29-15-16)23(28)25-18-4-1-2-5-18/h3,6-13,15,18,22H,1-2,4-5,14H2,(H,25,28)/t22-/m1/s1. The van der Waals surface area contributed by atoms with Crippen LogP contribution in [-0.4, -0.2) is 17.9 Å².